The van der Waals surface area contributed by atoms with Crippen LogP contribution in [-0.4, -0.2) is 55.1 Å². The van der Waals surface area contributed by atoms with E-state index in [0.717, 1.165) is 25.9 Å². The van der Waals surface area contributed by atoms with E-state index in [0.29, 0.717) is 34.4 Å². The van der Waals surface area contributed by atoms with Crippen LogP contribution in [-0.2, 0) is 14.4 Å². The van der Waals surface area contributed by atoms with Crippen molar-refractivity contribution < 1.29 is 23.9 Å². The molecule has 0 aromatic heterocycles. The SMILES string of the molecule is CCOc1cc(/C=N\NC(=O)C(=O)Nc2cccc(Cl)c2)ccc1OCC(=O)N1CCCC1. The molecule has 0 unspecified atom stereocenters. The molecule has 0 bridgehead atoms. The first-order chi connectivity index (χ1) is 16.0. The van der Waals surface area contributed by atoms with Crippen LogP contribution >= 0.6 is 11.6 Å². The van der Waals surface area contributed by atoms with Gasteiger partial charge in [-0.3, -0.25) is 14.4 Å². The van der Waals surface area contributed by atoms with Crippen LogP contribution < -0.4 is 20.2 Å². The topological polar surface area (TPSA) is 109 Å². The Labute approximate surface area is 196 Å². The third-order valence-electron chi connectivity index (χ3n) is 4.75. The molecule has 0 saturated carbocycles. The van der Waals surface area contributed by atoms with Gasteiger partial charge in [0, 0.05) is 23.8 Å². The zero-order chi connectivity index (χ0) is 23.6. The highest BCUT2D eigenvalue weighted by Crippen LogP contribution is 2.28. The molecular formula is C23H25ClN4O5. The second-order valence-electron chi connectivity index (χ2n) is 7.18. The molecule has 0 radical (unpaired) electrons. The third-order valence-corrected chi connectivity index (χ3v) is 4.98. The molecule has 33 heavy (non-hydrogen) atoms. The van der Waals surface area contributed by atoms with Gasteiger partial charge in [-0.25, -0.2) is 5.43 Å². The molecule has 0 spiro atoms. The van der Waals surface area contributed by atoms with E-state index in [1.54, 1.807) is 41.3 Å². The number of hydrazone groups is 1. The first-order valence-electron chi connectivity index (χ1n) is 10.5. The number of benzene rings is 2. The Balaban J connectivity index is 1.55. The summed E-state index contributed by atoms with van der Waals surface area (Å²) in [5, 5.41) is 6.68. The standard InChI is InChI=1S/C23H25ClN4O5/c1-2-32-20-12-16(8-9-19(20)33-15-21(29)28-10-3-4-11-28)14-25-27-23(31)22(30)26-18-7-5-6-17(24)13-18/h5-9,12-14H,2-4,10-11,15H2,1H3,(H,26,30)(H,27,31)/b25-14-. The van der Waals surface area contributed by atoms with Crippen molar-refractivity contribution in [2.45, 2.75) is 19.8 Å². The molecule has 2 aromatic carbocycles. The maximum atomic E-state index is 12.2. The van der Waals surface area contributed by atoms with E-state index >= 15 is 0 Å². The van der Waals surface area contributed by atoms with Crippen LogP contribution in [0, 0.1) is 0 Å². The lowest BCUT2D eigenvalue weighted by molar-refractivity contribution is -0.136. The fourth-order valence-electron chi connectivity index (χ4n) is 3.16. The maximum absolute atomic E-state index is 12.2. The van der Waals surface area contributed by atoms with Crippen LogP contribution in [0.5, 0.6) is 11.5 Å². The predicted molar refractivity (Wildman–Crippen MR) is 125 cm³/mol. The number of carbonyl (C=O) groups is 3. The Kier molecular flexibility index (Phi) is 8.65. The Morgan fingerprint density at radius 3 is 2.58 bits per heavy atom. The van der Waals surface area contributed by atoms with Gasteiger partial charge in [0.05, 0.1) is 12.8 Å². The zero-order valence-electron chi connectivity index (χ0n) is 18.2. The fraction of sp³-hybridized carbons (Fsp3) is 0.304. The molecule has 174 valence electrons. The first kappa shape index (κ1) is 24.1. The molecular weight excluding hydrogens is 448 g/mol. The monoisotopic (exact) mass is 472 g/mol. The van der Waals surface area contributed by atoms with Crippen LogP contribution in [0.3, 0.4) is 0 Å². The molecule has 9 nitrogen and oxygen atoms in total. The number of hydrogen-bond donors (Lipinski definition) is 2. The highest BCUT2D eigenvalue weighted by Gasteiger charge is 2.19. The predicted octanol–water partition coefficient (Wildman–Crippen LogP) is 2.83. The summed E-state index contributed by atoms with van der Waals surface area (Å²) >= 11 is 5.86. The van der Waals surface area contributed by atoms with Crippen molar-refractivity contribution in [3.63, 3.8) is 0 Å². The van der Waals surface area contributed by atoms with Crippen molar-refractivity contribution in [1.29, 1.82) is 0 Å². The van der Waals surface area contributed by atoms with Gasteiger partial charge in [-0.1, -0.05) is 17.7 Å². The summed E-state index contributed by atoms with van der Waals surface area (Å²) in [5.41, 5.74) is 3.17. The number of carbonyl (C=O) groups excluding carboxylic acids is 3. The number of nitrogens with zero attached hydrogens (tertiary/aromatic N) is 2. The largest absolute Gasteiger partial charge is 0.490 e. The third kappa shape index (κ3) is 7.21. The summed E-state index contributed by atoms with van der Waals surface area (Å²) in [6.45, 7) is 3.69. The normalized spacial score (nSPS) is 13.1. The van der Waals surface area contributed by atoms with Crippen LogP contribution in [0.15, 0.2) is 47.6 Å². The summed E-state index contributed by atoms with van der Waals surface area (Å²) in [4.78, 5) is 37.9. The van der Waals surface area contributed by atoms with Gasteiger partial charge in [0.25, 0.3) is 5.91 Å². The summed E-state index contributed by atoms with van der Waals surface area (Å²) in [6.07, 6.45) is 3.40. The van der Waals surface area contributed by atoms with E-state index in [1.807, 2.05) is 6.92 Å². The van der Waals surface area contributed by atoms with Gasteiger partial charge < -0.3 is 19.7 Å². The van der Waals surface area contributed by atoms with E-state index in [4.69, 9.17) is 21.1 Å². The number of nitrogens with one attached hydrogen (secondary N) is 2. The lowest BCUT2D eigenvalue weighted by Crippen LogP contribution is -2.32. The van der Waals surface area contributed by atoms with Gasteiger partial charge in [-0.15, -0.1) is 0 Å². The number of amides is 3. The lowest BCUT2D eigenvalue weighted by atomic mass is 10.2. The zero-order valence-corrected chi connectivity index (χ0v) is 18.9. The smallest absolute Gasteiger partial charge is 0.329 e. The minimum atomic E-state index is -0.934. The Morgan fingerprint density at radius 2 is 1.85 bits per heavy atom. The molecule has 1 fully saturated rings. The lowest BCUT2D eigenvalue weighted by Gasteiger charge is -2.17. The maximum Gasteiger partial charge on any atom is 0.329 e. The van der Waals surface area contributed by atoms with Gasteiger partial charge >= 0.3 is 11.8 Å². The number of rotatable bonds is 8. The molecule has 0 aliphatic carbocycles. The van der Waals surface area contributed by atoms with Crippen molar-refractivity contribution in [2.75, 3.05) is 31.6 Å². The van der Waals surface area contributed by atoms with Crippen molar-refractivity contribution in [3.05, 3.63) is 53.1 Å². The summed E-state index contributed by atoms with van der Waals surface area (Å²) in [7, 11) is 0. The molecule has 2 N–H and O–H groups in total. The summed E-state index contributed by atoms with van der Waals surface area (Å²) in [6, 6.07) is 11.5. The highest BCUT2D eigenvalue weighted by atomic mass is 35.5. The van der Waals surface area contributed by atoms with Crippen LogP contribution in [0.25, 0.3) is 0 Å². The molecule has 10 heteroatoms. The van der Waals surface area contributed by atoms with E-state index < -0.39 is 11.8 Å². The molecule has 2 aromatic rings. The van der Waals surface area contributed by atoms with E-state index in [-0.39, 0.29) is 12.5 Å². The van der Waals surface area contributed by atoms with Gasteiger partial charge in [-0.05, 0) is 61.7 Å². The van der Waals surface area contributed by atoms with E-state index in [2.05, 4.69) is 15.8 Å². The van der Waals surface area contributed by atoms with Crippen molar-refractivity contribution in [1.82, 2.24) is 10.3 Å². The van der Waals surface area contributed by atoms with Gasteiger partial charge in [0.1, 0.15) is 0 Å². The van der Waals surface area contributed by atoms with Gasteiger partial charge in [0.15, 0.2) is 18.1 Å². The van der Waals surface area contributed by atoms with Gasteiger partial charge in [-0.2, -0.15) is 5.10 Å². The number of hydrogen-bond acceptors (Lipinski definition) is 6. The first-order valence-corrected chi connectivity index (χ1v) is 10.9. The second-order valence-corrected chi connectivity index (χ2v) is 7.62. The van der Waals surface area contributed by atoms with Crippen LogP contribution in [0.1, 0.15) is 25.3 Å². The van der Waals surface area contributed by atoms with Crippen molar-refractivity contribution >= 4 is 41.2 Å². The average Bonchev–Trinajstić information content (AvgIpc) is 3.33. The van der Waals surface area contributed by atoms with Gasteiger partial charge in [0.2, 0.25) is 0 Å². The molecule has 1 saturated heterocycles. The van der Waals surface area contributed by atoms with Crippen LogP contribution in [0.4, 0.5) is 5.69 Å². The Morgan fingerprint density at radius 1 is 1.06 bits per heavy atom. The van der Waals surface area contributed by atoms with Crippen LogP contribution in [0.2, 0.25) is 5.02 Å². The Bertz CT molecular complexity index is 1040. The van der Waals surface area contributed by atoms with Crippen molar-refractivity contribution in [2.24, 2.45) is 5.10 Å². The quantitative estimate of drug-likeness (QED) is 0.349. The Hall–Kier alpha value is -3.59. The fourth-order valence-corrected chi connectivity index (χ4v) is 3.35. The number of ether oxygens (including phenoxy) is 2. The molecule has 3 amide bonds. The minimum absolute atomic E-state index is 0.0562. The molecule has 1 aliphatic rings. The highest BCUT2D eigenvalue weighted by molar-refractivity contribution is 6.39. The molecule has 1 aliphatic heterocycles. The number of anilines is 1. The minimum Gasteiger partial charge on any atom is -0.490 e. The average molecular weight is 473 g/mol. The summed E-state index contributed by atoms with van der Waals surface area (Å²) in [5.74, 6) is -0.987. The van der Waals surface area contributed by atoms with E-state index in [1.165, 1.54) is 12.3 Å². The molecule has 1 heterocycles. The van der Waals surface area contributed by atoms with E-state index in [9.17, 15) is 14.4 Å². The van der Waals surface area contributed by atoms with Crippen molar-refractivity contribution in [3.8, 4) is 11.5 Å². The molecule has 3 rings (SSSR count). The number of likely N-dealkylation sites (tertiary alicyclic amines) is 1. The summed E-state index contributed by atoms with van der Waals surface area (Å²) < 4.78 is 11.3. The second kappa shape index (κ2) is 11.9. The number of halogens is 1. The molecule has 0 atom stereocenters.